The Bertz CT molecular complexity index is 1190. The average molecular weight is 477 g/mol. The van der Waals surface area contributed by atoms with Crippen molar-refractivity contribution in [1.82, 2.24) is 0 Å². The van der Waals surface area contributed by atoms with Crippen LogP contribution in [0, 0.1) is 0 Å². The van der Waals surface area contributed by atoms with Gasteiger partial charge in [-0.2, -0.15) is 0 Å². The fraction of sp³-hybridized carbons (Fsp3) is 0.0800. The zero-order valence-corrected chi connectivity index (χ0v) is 19.3. The predicted octanol–water partition coefficient (Wildman–Crippen LogP) is 5.12. The first-order valence-corrected chi connectivity index (χ1v) is 11.3. The molecule has 0 spiro atoms. The largest absolute Gasteiger partial charge is 0.497 e. The first-order chi connectivity index (χ1) is 16.0. The molecular weight excluding hydrogens is 456 g/mol. The van der Waals surface area contributed by atoms with Gasteiger partial charge in [-0.1, -0.05) is 54.3 Å². The van der Waals surface area contributed by atoms with Gasteiger partial charge in [0.1, 0.15) is 11.5 Å². The average Bonchev–Trinajstić information content (AvgIpc) is 3.12. The maximum atomic E-state index is 12.8. The number of benzene rings is 3. The van der Waals surface area contributed by atoms with Gasteiger partial charge in [0, 0.05) is 5.69 Å². The van der Waals surface area contributed by atoms with E-state index in [1.54, 1.807) is 49.6 Å². The number of rotatable bonds is 7. The Balaban J connectivity index is 1.34. The Morgan fingerprint density at radius 1 is 1.00 bits per heavy atom. The van der Waals surface area contributed by atoms with E-state index in [-0.39, 0.29) is 18.4 Å². The molecule has 0 saturated carbocycles. The highest BCUT2D eigenvalue weighted by molar-refractivity contribution is 8.27. The van der Waals surface area contributed by atoms with Gasteiger partial charge in [0.05, 0.1) is 17.7 Å². The van der Waals surface area contributed by atoms with E-state index in [2.05, 4.69) is 5.32 Å². The van der Waals surface area contributed by atoms with Crippen LogP contribution in [0.4, 0.5) is 11.4 Å². The topological polar surface area (TPSA) is 67.9 Å². The van der Waals surface area contributed by atoms with E-state index >= 15 is 0 Å². The van der Waals surface area contributed by atoms with E-state index < -0.39 is 0 Å². The minimum Gasteiger partial charge on any atom is -0.497 e. The summed E-state index contributed by atoms with van der Waals surface area (Å²) in [6.45, 7) is -0.124. The minimum atomic E-state index is -0.270. The number of nitrogens with one attached hydrogen (secondary N) is 1. The van der Waals surface area contributed by atoms with Crippen molar-refractivity contribution in [3.63, 3.8) is 0 Å². The predicted molar refractivity (Wildman–Crippen MR) is 136 cm³/mol. The van der Waals surface area contributed by atoms with Crippen LogP contribution >= 0.6 is 24.0 Å². The molecule has 4 rings (SSSR count). The van der Waals surface area contributed by atoms with Crippen LogP contribution in [0.25, 0.3) is 6.08 Å². The van der Waals surface area contributed by atoms with Crippen LogP contribution in [0.5, 0.6) is 11.5 Å². The lowest BCUT2D eigenvalue weighted by Crippen LogP contribution is -2.27. The summed E-state index contributed by atoms with van der Waals surface area (Å²) in [4.78, 5) is 27.0. The molecule has 0 atom stereocenters. The normalized spacial score (nSPS) is 14.5. The number of hydrogen-bond donors (Lipinski definition) is 1. The van der Waals surface area contributed by atoms with Gasteiger partial charge in [0.15, 0.2) is 10.9 Å². The quantitative estimate of drug-likeness (QED) is 0.377. The minimum absolute atomic E-state index is 0.124. The second-order valence-corrected chi connectivity index (χ2v) is 8.66. The van der Waals surface area contributed by atoms with Crippen molar-refractivity contribution in [2.75, 3.05) is 23.9 Å². The maximum Gasteiger partial charge on any atom is 0.270 e. The number of carbonyl (C=O) groups excluding carboxylic acids is 2. The van der Waals surface area contributed by atoms with Crippen LogP contribution < -0.4 is 19.7 Å². The third-order valence-corrected chi connectivity index (χ3v) is 6.03. The van der Waals surface area contributed by atoms with Crippen molar-refractivity contribution in [1.29, 1.82) is 0 Å². The zero-order valence-electron chi connectivity index (χ0n) is 17.7. The molecule has 1 aliphatic rings. The number of amides is 2. The van der Waals surface area contributed by atoms with Crippen molar-refractivity contribution >= 4 is 57.6 Å². The standard InChI is InChI=1S/C25H20N2O4S2/c1-30-20-13-9-18(10-14-20)26-23(28)16-31-21-11-7-17(8-12-21)15-22-24(29)27(25(32)33-22)19-5-3-2-4-6-19/h2-15H,16H2,1H3,(H,26,28)/b22-15-. The second-order valence-electron chi connectivity index (χ2n) is 6.99. The summed E-state index contributed by atoms with van der Waals surface area (Å²) in [5.41, 5.74) is 2.24. The van der Waals surface area contributed by atoms with Gasteiger partial charge >= 0.3 is 0 Å². The van der Waals surface area contributed by atoms with E-state index in [0.717, 1.165) is 11.3 Å². The van der Waals surface area contributed by atoms with Gasteiger partial charge in [-0.3, -0.25) is 14.5 Å². The van der Waals surface area contributed by atoms with Crippen molar-refractivity contribution in [2.45, 2.75) is 0 Å². The molecule has 0 aromatic heterocycles. The smallest absolute Gasteiger partial charge is 0.270 e. The molecule has 0 aliphatic carbocycles. The lowest BCUT2D eigenvalue weighted by molar-refractivity contribution is -0.118. The number of anilines is 2. The number of thiocarbonyl (C=S) groups is 1. The van der Waals surface area contributed by atoms with E-state index in [0.29, 0.717) is 26.4 Å². The Morgan fingerprint density at radius 2 is 1.67 bits per heavy atom. The van der Waals surface area contributed by atoms with E-state index in [9.17, 15) is 9.59 Å². The lowest BCUT2D eigenvalue weighted by atomic mass is 10.2. The SMILES string of the molecule is COc1ccc(NC(=O)COc2ccc(/C=C3\SC(=S)N(c4ccccc4)C3=O)cc2)cc1. The molecule has 33 heavy (non-hydrogen) atoms. The first-order valence-electron chi connectivity index (χ1n) is 10.0. The Labute approximate surface area is 201 Å². The molecule has 166 valence electrons. The highest BCUT2D eigenvalue weighted by Crippen LogP contribution is 2.36. The molecule has 8 heteroatoms. The van der Waals surface area contributed by atoms with Gasteiger partial charge < -0.3 is 14.8 Å². The number of nitrogens with zero attached hydrogens (tertiary/aromatic N) is 1. The Morgan fingerprint density at radius 3 is 2.33 bits per heavy atom. The highest BCUT2D eigenvalue weighted by atomic mass is 32.2. The molecule has 0 bridgehead atoms. The molecule has 1 saturated heterocycles. The summed E-state index contributed by atoms with van der Waals surface area (Å²) in [6, 6.07) is 23.5. The molecule has 3 aromatic rings. The van der Waals surface area contributed by atoms with Gasteiger partial charge in [-0.15, -0.1) is 0 Å². The monoisotopic (exact) mass is 476 g/mol. The second kappa shape index (κ2) is 10.3. The lowest BCUT2D eigenvalue weighted by Gasteiger charge is -2.13. The van der Waals surface area contributed by atoms with Crippen LogP contribution in [-0.2, 0) is 9.59 Å². The number of ether oxygens (including phenoxy) is 2. The summed E-state index contributed by atoms with van der Waals surface area (Å²) in [5, 5.41) is 2.76. The molecule has 2 amide bonds. The highest BCUT2D eigenvalue weighted by Gasteiger charge is 2.33. The Kier molecular flexibility index (Phi) is 7.07. The third-order valence-electron chi connectivity index (χ3n) is 4.73. The number of para-hydroxylation sites is 1. The first kappa shape index (κ1) is 22.6. The number of hydrogen-bond acceptors (Lipinski definition) is 6. The summed E-state index contributed by atoms with van der Waals surface area (Å²) in [5.74, 6) is 0.848. The van der Waals surface area contributed by atoms with Gasteiger partial charge in [-0.25, -0.2) is 0 Å². The molecule has 1 N–H and O–H groups in total. The van der Waals surface area contributed by atoms with E-state index in [1.165, 1.54) is 16.7 Å². The van der Waals surface area contributed by atoms with Crippen molar-refractivity contribution in [3.8, 4) is 11.5 Å². The van der Waals surface area contributed by atoms with E-state index in [4.69, 9.17) is 21.7 Å². The maximum absolute atomic E-state index is 12.8. The molecule has 0 radical (unpaired) electrons. The van der Waals surface area contributed by atoms with Crippen molar-refractivity contribution < 1.29 is 19.1 Å². The summed E-state index contributed by atoms with van der Waals surface area (Å²) >= 11 is 6.66. The van der Waals surface area contributed by atoms with Crippen LogP contribution in [0.15, 0.2) is 83.8 Å². The van der Waals surface area contributed by atoms with Crippen LogP contribution in [0.1, 0.15) is 5.56 Å². The summed E-state index contributed by atoms with van der Waals surface area (Å²) in [7, 11) is 1.59. The summed E-state index contributed by atoms with van der Waals surface area (Å²) < 4.78 is 11.2. The molecule has 1 aliphatic heterocycles. The van der Waals surface area contributed by atoms with Gasteiger partial charge in [-0.05, 0) is 60.2 Å². The molecule has 1 fully saturated rings. The fourth-order valence-corrected chi connectivity index (χ4v) is 4.40. The van der Waals surface area contributed by atoms with Gasteiger partial charge in [0.2, 0.25) is 0 Å². The molecule has 3 aromatic carbocycles. The van der Waals surface area contributed by atoms with Crippen molar-refractivity contribution in [3.05, 3.63) is 89.3 Å². The number of carbonyl (C=O) groups is 2. The molecule has 6 nitrogen and oxygen atoms in total. The number of thioether (sulfide) groups is 1. The van der Waals surface area contributed by atoms with Crippen LogP contribution in [0.2, 0.25) is 0 Å². The fourth-order valence-electron chi connectivity index (χ4n) is 3.10. The van der Waals surface area contributed by atoms with Crippen molar-refractivity contribution in [2.24, 2.45) is 0 Å². The molecule has 0 unspecified atom stereocenters. The third kappa shape index (κ3) is 5.60. The van der Waals surface area contributed by atoms with Crippen LogP contribution in [-0.4, -0.2) is 29.9 Å². The van der Waals surface area contributed by atoms with E-state index in [1.807, 2.05) is 42.5 Å². The Hall–Kier alpha value is -3.62. The molecular formula is C25H20N2O4S2. The zero-order chi connectivity index (χ0) is 23.2. The summed E-state index contributed by atoms with van der Waals surface area (Å²) in [6.07, 6.45) is 1.79. The van der Waals surface area contributed by atoms with Crippen LogP contribution in [0.3, 0.4) is 0 Å². The van der Waals surface area contributed by atoms with Gasteiger partial charge in [0.25, 0.3) is 11.8 Å². The molecule has 1 heterocycles. The number of methoxy groups -OCH3 is 1.